The molecule has 1 atom stereocenters. The monoisotopic (exact) mass is 265 g/mol. The largest absolute Gasteiger partial charge is 0.493 e. The van der Waals surface area contributed by atoms with E-state index in [1.165, 1.54) is 4.90 Å². The quantitative estimate of drug-likeness (QED) is 0.348. The van der Waals surface area contributed by atoms with Gasteiger partial charge >= 0.3 is 0 Å². The van der Waals surface area contributed by atoms with Crippen LogP contribution in [-0.4, -0.2) is 41.5 Å². The van der Waals surface area contributed by atoms with Crippen LogP contribution in [0.25, 0.3) is 0 Å². The van der Waals surface area contributed by atoms with Gasteiger partial charge in [0.2, 0.25) is 5.91 Å². The van der Waals surface area contributed by atoms with Gasteiger partial charge in [-0.25, -0.2) is 0 Å². The summed E-state index contributed by atoms with van der Waals surface area (Å²) in [5.41, 5.74) is 5.45. The molecule has 6 nitrogen and oxygen atoms in total. The van der Waals surface area contributed by atoms with E-state index in [4.69, 9.17) is 15.7 Å². The molecule has 1 aromatic rings. The van der Waals surface area contributed by atoms with Gasteiger partial charge in [0, 0.05) is 7.05 Å². The molecule has 1 unspecified atom stereocenters. The van der Waals surface area contributed by atoms with E-state index in [1.807, 2.05) is 30.3 Å². The molecular formula is C13H19N3O3. The van der Waals surface area contributed by atoms with Gasteiger partial charge in [0.1, 0.15) is 5.75 Å². The Balaban J connectivity index is 2.39. The minimum absolute atomic E-state index is 0.000159. The van der Waals surface area contributed by atoms with E-state index in [2.05, 4.69) is 5.16 Å². The Bertz CT molecular complexity index is 434. The van der Waals surface area contributed by atoms with Crippen molar-refractivity contribution in [2.75, 3.05) is 13.7 Å². The standard InChI is InChI=1S/C13H19N3O3/c1-10(13(14)15-18)16(2)12(17)8-9-19-11-6-4-3-5-7-11/h3-7,10,18H,8-9H2,1-2H3,(H2,14,15). The minimum Gasteiger partial charge on any atom is -0.493 e. The molecule has 0 spiro atoms. The summed E-state index contributed by atoms with van der Waals surface area (Å²) in [6.07, 6.45) is 0.231. The van der Waals surface area contributed by atoms with Gasteiger partial charge in [-0.1, -0.05) is 23.4 Å². The number of nitrogens with zero attached hydrogens (tertiary/aromatic N) is 2. The van der Waals surface area contributed by atoms with Gasteiger partial charge in [0.15, 0.2) is 5.84 Å². The fourth-order valence-corrected chi connectivity index (χ4v) is 1.45. The van der Waals surface area contributed by atoms with Crippen molar-refractivity contribution >= 4 is 11.7 Å². The third-order valence-corrected chi connectivity index (χ3v) is 2.85. The molecular weight excluding hydrogens is 246 g/mol. The van der Waals surface area contributed by atoms with Crippen molar-refractivity contribution in [3.63, 3.8) is 0 Å². The third-order valence-electron chi connectivity index (χ3n) is 2.85. The molecule has 3 N–H and O–H groups in total. The van der Waals surface area contributed by atoms with Crippen LogP contribution in [0.1, 0.15) is 13.3 Å². The van der Waals surface area contributed by atoms with Crippen LogP contribution >= 0.6 is 0 Å². The van der Waals surface area contributed by atoms with Crippen LogP contribution in [-0.2, 0) is 4.79 Å². The molecule has 0 aliphatic carbocycles. The van der Waals surface area contributed by atoms with Crippen LogP contribution in [0.15, 0.2) is 35.5 Å². The zero-order valence-electron chi connectivity index (χ0n) is 11.1. The van der Waals surface area contributed by atoms with Gasteiger partial charge in [-0.3, -0.25) is 4.79 Å². The molecule has 0 aliphatic heterocycles. The molecule has 0 saturated heterocycles. The van der Waals surface area contributed by atoms with Crippen molar-refractivity contribution in [3.05, 3.63) is 30.3 Å². The second kappa shape index (κ2) is 7.25. The van der Waals surface area contributed by atoms with Gasteiger partial charge < -0.3 is 20.6 Å². The molecule has 6 heteroatoms. The van der Waals surface area contributed by atoms with Crippen molar-refractivity contribution in [2.45, 2.75) is 19.4 Å². The van der Waals surface area contributed by atoms with E-state index in [9.17, 15) is 4.79 Å². The third kappa shape index (κ3) is 4.50. The van der Waals surface area contributed by atoms with Gasteiger partial charge in [-0.05, 0) is 19.1 Å². The fraction of sp³-hybridized carbons (Fsp3) is 0.385. The molecule has 19 heavy (non-hydrogen) atoms. The maximum Gasteiger partial charge on any atom is 0.226 e. The van der Waals surface area contributed by atoms with E-state index in [-0.39, 0.29) is 24.8 Å². The van der Waals surface area contributed by atoms with Crippen LogP contribution in [0.3, 0.4) is 0 Å². The second-order valence-corrected chi connectivity index (χ2v) is 4.12. The molecule has 0 radical (unpaired) electrons. The normalized spacial score (nSPS) is 12.8. The zero-order chi connectivity index (χ0) is 14.3. The van der Waals surface area contributed by atoms with Crippen LogP contribution in [0.5, 0.6) is 5.75 Å². The first-order valence-electron chi connectivity index (χ1n) is 5.97. The van der Waals surface area contributed by atoms with Crippen LogP contribution in [0, 0.1) is 0 Å². The summed E-state index contributed by atoms with van der Waals surface area (Å²) in [4.78, 5) is 13.3. The number of nitrogens with two attached hydrogens (primary N) is 1. The van der Waals surface area contributed by atoms with Gasteiger partial charge in [0.05, 0.1) is 19.1 Å². The SMILES string of the molecule is CC(C(N)=NO)N(C)C(=O)CCOc1ccccc1. The lowest BCUT2D eigenvalue weighted by Gasteiger charge is -2.23. The fourth-order valence-electron chi connectivity index (χ4n) is 1.45. The van der Waals surface area contributed by atoms with Crippen molar-refractivity contribution in [1.82, 2.24) is 4.90 Å². The van der Waals surface area contributed by atoms with Gasteiger partial charge in [0.25, 0.3) is 0 Å². The Morgan fingerprint density at radius 3 is 2.68 bits per heavy atom. The number of carbonyl (C=O) groups excluding carboxylic acids is 1. The smallest absolute Gasteiger partial charge is 0.226 e. The lowest BCUT2D eigenvalue weighted by Crippen LogP contribution is -2.44. The first-order valence-corrected chi connectivity index (χ1v) is 5.97. The van der Waals surface area contributed by atoms with E-state index in [0.717, 1.165) is 5.75 Å². The number of hydrogen-bond acceptors (Lipinski definition) is 4. The van der Waals surface area contributed by atoms with Gasteiger partial charge in [-0.2, -0.15) is 0 Å². The molecule has 1 amide bonds. The van der Waals surface area contributed by atoms with Crippen LogP contribution in [0.2, 0.25) is 0 Å². The summed E-state index contributed by atoms with van der Waals surface area (Å²) < 4.78 is 5.43. The molecule has 0 aromatic heterocycles. The number of ether oxygens (including phenoxy) is 1. The highest BCUT2D eigenvalue weighted by Gasteiger charge is 2.18. The predicted molar refractivity (Wildman–Crippen MR) is 72.2 cm³/mol. The van der Waals surface area contributed by atoms with E-state index >= 15 is 0 Å². The number of amides is 1. The summed E-state index contributed by atoms with van der Waals surface area (Å²) in [5.74, 6) is 0.595. The number of hydrogen-bond donors (Lipinski definition) is 2. The zero-order valence-corrected chi connectivity index (χ0v) is 11.1. The predicted octanol–water partition coefficient (Wildman–Crippen LogP) is 1.05. The van der Waals surface area contributed by atoms with Crippen molar-refractivity contribution < 1.29 is 14.7 Å². The summed E-state index contributed by atoms with van der Waals surface area (Å²) in [6, 6.07) is 8.83. The molecule has 0 saturated carbocycles. The minimum atomic E-state index is -0.450. The molecule has 0 fully saturated rings. The van der Waals surface area contributed by atoms with E-state index < -0.39 is 6.04 Å². The Labute approximate surface area is 112 Å². The molecule has 0 bridgehead atoms. The maximum atomic E-state index is 11.8. The first kappa shape index (κ1) is 14.8. The van der Waals surface area contributed by atoms with Crippen molar-refractivity contribution in [2.24, 2.45) is 10.9 Å². The first-order chi connectivity index (χ1) is 9.06. The molecule has 1 aromatic carbocycles. The lowest BCUT2D eigenvalue weighted by atomic mass is 10.2. The molecule has 0 aliphatic rings. The highest BCUT2D eigenvalue weighted by atomic mass is 16.5. The number of carbonyl (C=O) groups is 1. The highest BCUT2D eigenvalue weighted by molar-refractivity contribution is 5.89. The summed E-state index contributed by atoms with van der Waals surface area (Å²) in [7, 11) is 1.60. The van der Waals surface area contributed by atoms with Crippen LogP contribution < -0.4 is 10.5 Å². The topological polar surface area (TPSA) is 88.2 Å². The summed E-state index contributed by atoms with van der Waals surface area (Å²) in [6.45, 7) is 1.97. The Hall–Kier alpha value is -2.24. The number of rotatable bonds is 6. The van der Waals surface area contributed by atoms with Gasteiger partial charge in [-0.15, -0.1) is 0 Å². The maximum absolute atomic E-state index is 11.8. The molecule has 104 valence electrons. The average Bonchev–Trinajstić information content (AvgIpc) is 2.45. The summed E-state index contributed by atoms with van der Waals surface area (Å²) >= 11 is 0. The van der Waals surface area contributed by atoms with E-state index in [1.54, 1.807) is 14.0 Å². The Kier molecular flexibility index (Phi) is 5.66. The van der Waals surface area contributed by atoms with Crippen molar-refractivity contribution in [3.8, 4) is 5.75 Å². The number of oxime groups is 1. The van der Waals surface area contributed by atoms with E-state index in [0.29, 0.717) is 0 Å². The molecule has 0 heterocycles. The second-order valence-electron chi connectivity index (χ2n) is 4.12. The average molecular weight is 265 g/mol. The number of likely N-dealkylation sites (N-methyl/N-ethyl adjacent to an activating group) is 1. The number of amidine groups is 1. The Morgan fingerprint density at radius 1 is 1.47 bits per heavy atom. The highest BCUT2D eigenvalue weighted by Crippen LogP contribution is 2.09. The number of para-hydroxylation sites is 1. The van der Waals surface area contributed by atoms with Crippen LogP contribution in [0.4, 0.5) is 0 Å². The van der Waals surface area contributed by atoms with Crippen molar-refractivity contribution in [1.29, 1.82) is 0 Å². The summed E-state index contributed by atoms with van der Waals surface area (Å²) in [5, 5.41) is 11.4. The lowest BCUT2D eigenvalue weighted by molar-refractivity contribution is -0.131. The Morgan fingerprint density at radius 2 is 2.11 bits per heavy atom. The molecule has 1 rings (SSSR count). The number of benzene rings is 1.